The molecule has 1 rings (SSSR count). The molecule has 1 aliphatic rings. The molecule has 1 saturated carbocycles. The average Bonchev–Trinajstić information content (AvgIpc) is 2.29. The van der Waals surface area contributed by atoms with Crippen LogP contribution in [0.1, 0.15) is 33.1 Å². The quantitative estimate of drug-likeness (QED) is 0.741. The molecular weight excluding hydrogens is 222 g/mol. The number of rotatable bonds is 4. The van der Waals surface area contributed by atoms with Crippen molar-refractivity contribution in [3.8, 4) is 0 Å². The highest BCUT2D eigenvalue weighted by Gasteiger charge is 2.36. The van der Waals surface area contributed by atoms with E-state index in [9.17, 15) is 9.59 Å². The summed E-state index contributed by atoms with van der Waals surface area (Å²) in [4.78, 5) is 23.3. The molecule has 0 radical (unpaired) electrons. The summed E-state index contributed by atoms with van der Waals surface area (Å²) in [6.45, 7) is 4.25. The van der Waals surface area contributed by atoms with Crippen molar-refractivity contribution in [2.75, 3.05) is 13.2 Å². The maximum absolute atomic E-state index is 11.6. The standard InChI is InChI=1S/C12H21NO4/c1-3-16-11(14)8-5-9(7-10(13)6-8)12(15)17-4-2/h8-10H,3-7,13H2,1-2H3. The maximum atomic E-state index is 11.6. The topological polar surface area (TPSA) is 78.6 Å². The fourth-order valence-corrected chi connectivity index (χ4v) is 2.27. The van der Waals surface area contributed by atoms with Crippen LogP contribution in [0.5, 0.6) is 0 Å². The third-order valence-electron chi connectivity index (χ3n) is 2.98. The minimum atomic E-state index is -0.270. The Morgan fingerprint density at radius 3 is 1.76 bits per heavy atom. The molecule has 2 atom stereocenters. The van der Waals surface area contributed by atoms with Crippen LogP contribution in [-0.2, 0) is 19.1 Å². The van der Waals surface area contributed by atoms with Gasteiger partial charge in [0.2, 0.25) is 0 Å². The van der Waals surface area contributed by atoms with Crippen LogP contribution in [-0.4, -0.2) is 31.2 Å². The molecule has 0 aromatic rings. The first-order valence-electron chi connectivity index (χ1n) is 6.17. The van der Waals surface area contributed by atoms with Crippen molar-refractivity contribution in [3.63, 3.8) is 0 Å². The van der Waals surface area contributed by atoms with Crippen LogP contribution < -0.4 is 5.73 Å². The minimum Gasteiger partial charge on any atom is -0.466 e. The monoisotopic (exact) mass is 243 g/mol. The summed E-state index contributed by atoms with van der Waals surface area (Å²) in [6, 6.07) is -0.132. The Kier molecular flexibility index (Phi) is 5.41. The summed E-state index contributed by atoms with van der Waals surface area (Å²) < 4.78 is 9.94. The van der Waals surface area contributed by atoms with E-state index < -0.39 is 0 Å². The minimum absolute atomic E-state index is 0.132. The lowest BCUT2D eigenvalue weighted by atomic mass is 9.79. The molecule has 5 nitrogen and oxygen atoms in total. The van der Waals surface area contributed by atoms with Gasteiger partial charge in [-0.05, 0) is 33.1 Å². The van der Waals surface area contributed by atoms with Gasteiger partial charge in [0.25, 0.3) is 0 Å². The number of carbonyl (C=O) groups excluding carboxylic acids is 2. The molecule has 0 aromatic carbocycles. The van der Waals surface area contributed by atoms with Gasteiger partial charge in [-0.1, -0.05) is 0 Å². The zero-order valence-corrected chi connectivity index (χ0v) is 10.5. The molecule has 1 fully saturated rings. The van der Waals surface area contributed by atoms with Crippen molar-refractivity contribution < 1.29 is 19.1 Å². The van der Waals surface area contributed by atoms with Gasteiger partial charge in [0.05, 0.1) is 25.0 Å². The van der Waals surface area contributed by atoms with E-state index in [0.29, 0.717) is 32.5 Å². The van der Waals surface area contributed by atoms with E-state index in [-0.39, 0.29) is 29.8 Å². The second kappa shape index (κ2) is 6.59. The Morgan fingerprint density at radius 2 is 1.41 bits per heavy atom. The van der Waals surface area contributed by atoms with Crippen LogP contribution in [0.15, 0.2) is 0 Å². The largest absolute Gasteiger partial charge is 0.466 e. The van der Waals surface area contributed by atoms with Crippen molar-refractivity contribution >= 4 is 11.9 Å². The number of hydrogen-bond donors (Lipinski definition) is 1. The lowest BCUT2D eigenvalue weighted by Gasteiger charge is -2.30. The van der Waals surface area contributed by atoms with E-state index in [2.05, 4.69) is 0 Å². The molecule has 5 heteroatoms. The Morgan fingerprint density at radius 1 is 1.00 bits per heavy atom. The summed E-state index contributed by atoms with van der Waals surface area (Å²) >= 11 is 0. The third-order valence-corrected chi connectivity index (χ3v) is 2.98. The maximum Gasteiger partial charge on any atom is 0.309 e. The Balaban J connectivity index is 2.58. The van der Waals surface area contributed by atoms with E-state index >= 15 is 0 Å². The lowest BCUT2D eigenvalue weighted by molar-refractivity contribution is -0.154. The van der Waals surface area contributed by atoms with Crippen LogP contribution in [0.25, 0.3) is 0 Å². The van der Waals surface area contributed by atoms with Crippen molar-refractivity contribution in [2.24, 2.45) is 17.6 Å². The van der Waals surface area contributed by atoms with E-state index in [1.807, 2.05) is 0 Å². The van der Waals surface area contributed by atoms with Gasteiger partial charge in [0.1, 0.15) is 0 Å². The van der Waals surface area contributed by atoms with Gasteiger partial charge in [-0.2, -0.15) is 0 Å². The van der Waals surface area contributed by atoms with Crippen LogP contribution >= 0.6 is 0 Å². The predicted molar refractivity (Wildman–Crippen MR) is 62.1 cm³/mol. The summed E-state index contributed by atoms with van der Waals surface area (Å²) in [5.41, 5.74) is 5.87. The van der Waals surface area contributed by atoms with E-state index in [1.165, 1.54) is 0 Å². The third kappa shape index (κ3) is 4.00. The van der Waals surface area contributed by atoms with Crippen molar-refractivity contribution in [1.82, 2.24) is 0 Å². The zero-order chi connectivity index (χ0) is 12.8. The molecule has 17 heavy (non-hydrogen) atoms. The molecule has 98 valence electrons. The van der Waals surface area contributed by atoms with Gasteiger partial charge in [0.15, 0.2) is 0 Å². The number of carbonyl (C=O) groups is 2. The molecule has 0 spiro atoms. The molecule has 0 aliphatic heterocycles. The van der Waals surface area contributed by atoms with Gasteiger partial charge in [0, 0.05) is 6.04 Å². The Hall–Kier alpha value is -1.10. The molecule has 2 N–H and O–H groups in total. The van der Waals surface area contributed by atoms with Crippen LogP contribution in [0.3, 0.4) is 0 Å². The molecule has 0 saturated heterocycles. The molecule has 0 amide bonds. The fourth-order valence-electron chi connectivity index (χ4n) is 2.27. The molecule has 0 aromatic heterocycles. The van der Waals surface area contributed by atoms with Gasteiger partial charge in [-0.25, -0.2) is 0 Å². The molecule has 2 unspecified atom stereocenters. The summed E-state index contributed by atoms with van der Waals surface area (Å²) in [7, 11) is 0. The summed E-state index contributed by atoms with van der Waals surface area (Å²) in [6.07, 6.45) is 1.68. The summed E-state index contributed by atoms with van der Waals surface area (Å²) in [5.74, 6) is -1.05. The molecule has 0 bridgehead atoms. The number of esters is 2. The molecule has 0 heterocycles. The first kappa shape index (κ1) is 14.0. The fraction of sp³-hybridized carbons (Fsp3) is 0.833. The summed E-state index contributed by atoms with van der Waals surface area (Å²) in [5, 5.41) is 0. The van der Waals surface area contributed by atoms with Crippen molar-refractivity contribution in [2.45, 2.75) is 39.2 Å². The van der Waals surface area contributed by atoms with Crippen molar-refractivity contribution in [3.05, 3.63) is 0 Å². The number of ether oxygens (including phenoxy) is 2. The Bertz CT molecular complexity index is 254. The number of nitrogens with two attached hydrogens (primary N) is 1. The van der Waals surface area contributed by atoms with Gasteiger partial charge < -0.3 is 15.2 Å². The smallest absolute Gasteiger partial charge is 0.309 e. The van der Waals surface area contributed by atoms with Crippen molar-refractivity contribution in [1.29, 1.82) is 0 Å². The zero-order valence-electron chi connectivity index (χ0n) is 10.5. The van der Waals surface area contributed by atoms with Gasteiger partial charge >= 0.3 is 11.9 Å². The molecular formula is C12H21NO4. The second-order valence-corrected chi connectivity index (χ2v) is 4.37. The first-order valence-corrected chi connectivity index (χ1v) is 6.17. The van der Waals surface area contributed by atoms with E-state index in [1.54, 1.807) is 13.8 Å². The normalized spacial score (nSPS) is 28.5. The van der Waals surface area contributed by atoms with E-state index in [4.69, 9.17) is 15.2 Å². The average molecular weight is 243 g/mol. The SMILES string of the molecule is CCOC(=O)C1CC(N)CC(C(=O)OCC)C1. The first-order chi connectivity index (χ1) is 8.08. The van der Waals surface area contributed by atoms with Crippen LogP contribution in [0.2, 0.25) is 0 Å². The second-order valence-electron chi connectivity index (χ2n) is 4.37. The highest BCUT2D eigenvalue weighted by molar-refractivity contribution is 5.76. The predicted octanol–water partition coefficient (Wildman–Crippen LogP) is 0.856. The number of hydrogen-bond acceptors (Lipinski definition) is 5. The Labute approximate surface area is 102 Å². The molecule has 1 aliphatic carbocycles. The van der Waals surface area contributed by atoms with E-state index in [0.717, 1.165) is 0 Å². The highest BCUT2D eigenvalue weighted by Crippen LogP contribution is 2.30. The van der Waals surface area contributed by atoms with Crippen LogP contribution in [0.4, 0.5) is 0 Å². The lowest BCUT2D eigenvalue weighted by Crippen LogP contribution is -2.39. The van der Waals surface area contributed by atoms with Gasteiger partial charge in [-0.3, -0.25) is 9.59 Å². The highest BCUT2D eigenvalue weighted by atomic mass is 16.5. The van der Waals surface area contributed by atoms with Gasteiger partial charge in [-0.15, -0.1) is 0 Å². The van der Waals surface area contributed by atoms with Crippen LogP contribution in [0, 0.1) is 11.8 Å².